The maximum absolute atomic E-state index is 12.0. The fourth-order valence-corrected chi connectivity index (χ4v) is 2.54. The highest BCUT2D eigenvalue weighted by atomic mass is 127. The number of amides is 1. The fourth-order valence-electron chi connectivity index (χ4n) is 1.76. The summed E-state index contributed by atoms with van der Waals surface area (Å²) < 4.78 is 1.06. The van der Waals surface area contributed by atoms with Crippen LogP contribution < -0.4 is 0 Å². The highest BCUT2D eigenvalue weighted by Gasteiger charge is 2.30. The normalized spacial score (nSPS) is 15.1. The maximum Gasteiger partial charge on any atom is 0.255 e. The Morgan fingerprint density at radius 1 is 1.43 bits per heavy atom. The number of rotatable bonds is 1. The van der Waals surface area contributed by atoms with Gasteiger partial charge in [-0.2, -0.15) is 0 Å². The molecule has 1 heterocycles. The zero-order chi connectivity index (χ0) is 10.3. The smallest absolute Gasteiger partial charge is 0.255 e. The van der Waals surface area contributed by atoms with Crippen LogP contribution in [0.25, 0.3) is 0 Å². The summed E-state index contributed by atoms with van der Waals surface area (Å²) in [5.41, 5.74) is 2.07. The van der Waals surface area contributed by atoms with E-state index in [1.165, 1.54) is 0 Å². The summed E-state index contributed by atoms with van der Waals surface area (Å²) >= 11 is 2.23. The van der Waals surface area contributed by atoms with Crippen LogP contribution in [-0.4, -0.2) is 16.8 Å². The number of nitrogens with zero attached hydrogens (tertiary/aromatic N) is 1. The van der Waals surface area contributed by atoms with Gasteiger partial charge in [0.2, 0.25) is 0 Å². The molecule has 0 radical (unpaired) electrons. The first-order valence-corrected chi connectivity index (χ1v) is 5.77. The summed E-state index contributed by atoms with van der Waals surface area (Å²) in [6.45, 7) is 4.87. The number of fused-ring (bicyclic) bond motifs is 1. The number of carbonyl (C=O) groups excluding carboxylic acids is 1. The zero-order valence-electron chi connectivity index (χ0n) is 8.25. The first-order valence-electron chi connectivity index (χ1n) is 4.69. The van der Waals surface area contributed by atoms with Crippen LogP contribution in [0.3, 0.4) is 0 Å². The first kappa shape index (κ1) is 9.96. The molecule has 0 saturated carbocycles. The molecular formula is C11H12INO. The Kier molecular flexibility index (Phi) is 2.51. The second-order valence-electron chi connectivity index (χ2n) is 3.80. The molecule has 0 N–H and O–H groups in total. The minimum absolute atomic E-state index is 0.181. The Balaban J connectivity index is 2.46. The second-order valence-corrected chi connectivity index (χ2v) is 4.96. The van der Waals surface area contributed by atoms with E-state index in [0.717, 1.165) is 21.2 Å². The van der Waals surface area contributed by atoms with Crippen molar-refractivity contribution in [2.24, 2.45) is 0 Å². The minimum atomic E-state index is 0.181. The largest absolute Gasteiger partial charge is 0.332 e. The molecule has 0 aliphatic carbocycles. The molecule has 1 aliphatic heterocycles. The van der Waals surface area contributed by atoms with E-state index in [9.17, 15) is 4.79 Å². The third-order valence-corrected chi connectivity index (χ3v) is 3.44. The Morgan fingerprint density at radius 3 is 2.71 bits per heavy atom. The molecule has 0 spiro atoms. The van der Waals surface area contributed by atoms with E-state index < -0.39 is 0 Å². The van der Waals surface area contributed by atoms with Crippen LogP contribution >= 0.6 is 22.6 Å². The van der Waals surface area contributed by atoms with E-state index in [2.05, 4.69) is 36.4 Å². The summed E-state index contributed by atoms with van der Waals surface area (Å²) in [6.07, 6.45) is 0. The topological polar surface area (TPSA) is 20.3 Å². The Hall–Kier alpha value is -0.580. The van der Waals surface area contributed by atoms with Crippen molar-refractivity contribution < 1.29 is 4.79 Å². The predicted octanol–water partition coefficient (Wildman–Crippen LogP) is 2.66. The van der Waals surface area contributed by atoms with Gasteiger partial charge < -0.3 is 4.90 Å². The number of benzene rings is 1. The van der Waals surface area contributed by atoms with Gasteiger partial charge in [0, 0.05) is 16.2 Å². The Bertz CT molecular complexity index is 387. The second kappa shape index (κ2) is 3.53. The van der Waals surface area contributed by atoms with Crippen molar-refractivity contribution in [3.05, 3.63) is 32.9 Å². The van der Waals surface area contributed by atoms with Crippen LogP contribution in [0.5, 0.6) is 0 Å². The third-order valence-electron chi connectivity index (χ3n) is 2.54. The van der Waals surface area contributed by atoms with E-state index >= 15 is 0 Å². The van der Waals surface area contributed by atoms with E-state index in [-0.39, 0.29) is 11.9 Å². The summed E-state index contributed by atoms with van der Waals surface area (Å²) in [6, 6.07) is 6.32. The number of halogens is 1. The van der Waals surface area contributed by atoms with E-state index in [1.54, 1.807) is 0 Å². The lowest BCUT2D eigenvalue weighted by Crippen LogP contribution is -2.31. The summed E-state index contributed by atoms with van der Waals surface area (Å²) in [7, 11) is 0. The van der Waals surface area contributed by atoms with Crippen molar-refractivity contribution in [3.8, 4) is 0 Å². The van der Waals surface area contributed by atoms with Crippen molar-refractivity contribution in [2.45, 2.75) is 26.4 Å². The van der Waals surface area contributed by atoms with Crippen LogP contribution in [0.15, 0.2) is 18.2 Å². The highest BCUT2D eigenvalue weighted by molar-refractivity contribution is 14.1. The summed E-state index contributed by atoms with van der Waals surface area (Å²) in [5, 5.41) is 0. The molecule has 3 heteroatoms. The molecule has 2 nitrogen and oxygen atoms in total. The molecule has 0 fully saturated rings. The average molecular weight is 301 g/mol. The van der Waals surface area contributed by atoms with Crippen molar-refractivity contribution in [1.29, 1.82) is 0 Å². The van der Waals surface area contributed by atoms with Crippen LogP contribution in [0.2, 0.25) is 0 Å². The van der Waals surface area contributed by atoms with Gasteiger partial charge in [-0.15, -0.1) is 0 Å². The fraction of sp³-hybridized carbons (Fsp3) is 0.364. The van der Waals surface area contributed by atoms with Gasteiger partial charge in [-0.3, -0.25) is 4.79 Å². The molecule has 14 heavy (non-hydrogen) atoms. The van der Waals surface area contributed by atoms with Crippen LogP contribution in [-0.2, 0) is 6.54 Å². The van der Waals surface area contributed by atoms with E-state index in [0.29, 0.717) is 0 Å². The number of hydrogen-bond donors (Lipinski definition) is 0. The van der Waals surface area contributed by atoms with E-state index in [4.69, 9.17) is 0 Å². The van der Waals surface area contributed by atoms with Gasteiger partial charge in [0.05, 0.1) is 5.56 Å². The van der Waals surface area contributed by atoms with Crippen molar-refractivity contribution in [3.63, 3.8) is 0 Å². The maximum atomic E-state index is 12.0. The average Bonchev–Trinajstić information content (AvgIpc) is 2.45. The number of carbonyl (C=O) groups is 1. The van der Waals surface area contributed by atoms with Crippen LogP contribution in [0, 0.1) is 3.57 Å². The van der Waals surface area contributed by atoms with Crippen molar-refractivity contribution in [1.82, 2.24) is 4.90 Å². The van der Waals surface area contributed by atoms with Crippen molar-refractivity contribution >= 4 is 28.5 Å². The van der Waals surface area contributed by atoms with E-state index in [1.807, 2.05) is 23.1 Å². The molecule has 0 aromatic heterocycles. The standard InChI is InChI=1S/C11H12INO/c1-7(2)13-6-8-4-3-5-9(12)10(8)11(13)14/h3-5,7H,6H2,1-2H3. The van der Waals surface area contributed by atoms with Gasteiger partial charge in [0.15, 0.2) is 0 Å². The molecule has 2 rings (SSSR count). The molecule has 1 amide bonds. The van der Waals surface area contributed by atoms with Gasteiger partial charge in [-0.25, -0.2) is 0 Å². The van der Waals surface area contributed by atoms with Crippen molar-refractivity contribution in [2.75, 3.05) is 0 Å². The lowest BCUT2D eigenvalue weighted by atomic mass is 10.1. The van der Waals surface area contributed by atoms with Gasteiger partial charge >= 0.3 is 0 Å². The van der Waals surface area contributed by atoms with Gasteiger partial charge in [0.25, 0.3) is 5.91 Å². The Morgan fingerprint density at radius 2 is 2.14 bits per heavy atom. The third kappa shape index (κ3) is 1.43. The monoisotopic (exact) mass is 301 g/mol. The van der Waals surface area contributed by atoms with Gasteiger partial charge in [-0.1, -0.05) is 12.1 Å². The highest BCUT2D eigenvalue weighted by Crippen LogP contribution is 2.28. The molecule has 1 aliphatic rings. The van der Waals surface area contributed by atoms with Gasteiger partial charge in [0.1, 0.15) is 0 Å². The number of hydrogen-bond acceptors (Lipinski definition) is 1. The molecule has 1 aromatic carbocycles. The van der Waals surface area contributed by atoms with Crippen LogP contribution in [0.4, 0.5) is 0 Å². The lowest BCUT2D eigenvalue weighted by molar-refractivity contribution is 0.0730. The molecular weight excluding hydrogens is 289 g/mol. The van der Waals surface area contributed by atoms with Gasteiger partial charge in [-0.05, 0) is 48.1 Å². The molecule has 0 bridgehead atoms. The molecule has 0 unspecified atom stereocenters. The molecule has 74 valence electrons. The summed E-state index contributed by atoms with van der Waals surface area (Å²) in [4.78, 5) is 13.9. The minimum Gasteiger partial charge on any atom is -0.332 e. The lowest BCUT2D eigenvalue weighted by Gasteiger charge is -2.19. The molecule has 0 saturated heterocycles. The Labute approximate surface area is 97.4 Å². The zero-order valence-corrected chi connectivity index (χ0v) is 10.4. The molecule has 1 aromatic rings. The first-order chi connectivity index (χ1) is 6.61. The summed E-state index contributed by atoms with van der Waals surface area (Å²) in [5.74, 6) is 0.181. The SMILES string of the molecule is CC(C)N1Cc2cccc(I)c2C1=O. The molecule has 0 atom stereocenters. The predicted molar refractivity (Wildman–Crippen MR) is 64.2 cm³/mol. The quantitative estimate of drug-likeness (QED) is 0.730. The van der Waals surface area contributed by atoms with Crippen LogP contribution in [0.1, 0.15) is 29.8 Å².